The molecule has 1 N–H and O–H groups in total. The Hall–Kier alpha value is -2.56. The molecule has 166 valence electrons. The standard InChI is InChI=1S/C22H27N5O3.HI/c1-23-22(26-12-10-25(11-13-26)21(29)19-7-4-14-30-19)24-15-20(28)27-9-8-17-5-2-3-6-18(17)16-27;/h2-7,14H,8-13,15-16H2,1H3,(H,23,24);1H. The topological polar surface area (TPSA) is 81.4 Å². The molecular weight excluding hydrogens is 509 g/mol. The fourth-order valence-electron chi connectivity index (χ4n) is 3.98. The Labute approximate surface area is 199 Å². The third-order valence-corrected chi connectivity index (χ3v) is 5.69. The number of halogens is 1. The predicted octanol–water partition coefficient (Wildman–Crippen LogP) is 1.82. The van der Waals surface area contributed by atoms with Crippen molar-refractivity contribution in [1.82, 2.24) is 20.0 Å². The summed E-state index contributed by atoms with van der Waals surface area (Å²) in [6.07, 6.45) is 2.40. The average Bonchev–Trinajstić information content (AvgIpc) is 3.34. The number of fused-ring (bicyclic) bond motifs is 1. The Kier molecular flexibility index (Phi) is 7.94. The van der Waals surface area contributed by atoms with Crippen molar-refractivity contribution in [2.24, 2.45) is 4.99 Å². The minimum atomic E-state index is -0.0943. The zero-order valence-corrected chi connectivity index (χ0v) is 20.0. The molecule has 1 aromatic carbocycles. The van der Waals surface area contributed by atoms with Gasteiger partial charge in [-0.1, -0.05) is 24.3 Å². The van der Waals surface area contributed by atoms with Crippen LogP contribution in [-0.4, -0.2) is 78.8 Å². The number of aliphatic imine (C=N–C) groups is 1. The number of hydrogen-bond donors (Lipinski definition) is 1. The Morgan fingerprint density at radius 1 is 0.968 bits per heavy atom. The molecule has 9 heteroatoms. The van der Waals surface area contributed by atoms with Crippen LogP contribution in [0.15, 0.2) is 52.1 Å². The molecule has 2 aromatic rings. The zero-order valence-electron chi connectivity index (χ0n) is 17.6. The van der Waals surface area contributed by atoms with Crippen molar-refractivity contribution in [1.29, 1.82) is 0 Å². The van der Waals surface area contributed by atoms with Crippen molar-refractivity contribution < 1.29 is 14.0 Å². The van der Waals surface area contributed by atoms with Crippen LogP contribution in [-0.2, 0) is 17.8 Å². The van der Waals surface area contributed by atoms with Gasteiger partial charge in [0.2, 0.25) is 5.91 Å². The predicted molar refractivity (Wildman–Crippen MR) is 129 cm³/mol. The molecule has 2 amide bonds. The Morgan fingerprint density at radius 2 is 1.68 bits per heavy atom. The van der Waals surface area contributed by atoms with Crippen molar-refractivity contribution in [3.8, 4) is 0 Å². The van der Waals surface area contributed by atoms with Gasteiger partial charge >= 0.3 is 0 Å². The van der Waals surface area contributed by atoms with Crippen molar-refractivity contribution in [2.45, 2.75) is 13.0 Å². The van der Waals surface area contributed by atoms with Gasteiger partial charge in [0.1, 0.15) is 0 Å². The van der Waals surface area contributed by atoms with E-state index in [1.54, 1.807) is 24.1 Å². The lowest BCUT2D eigenvalue weighted by atomic mass is 10.00. The molecule has 31 heavy (non-hydrogen) atoms. The molecule has 8 nitrogen and oxygen atoms in total. The first-order chi connectivity index (χ1) is 14.7. The smallest absolute Gasteiger partial charge is 0.289 e. The second-order valence-electron chi connectivity index (χ2n) is 7.49. The Bertz CT molecular complexity index is 923. The third-order valence-electron chi connectivity index (χ3n) is 5.69. The molecule has 3 heterocycles. The van der Waals surface area contributed by atoms with Crippen molar-refractivity contribution >= 4 is 41.8 Å². The second-order valence-corrected chi connectivity index (χ2v) is 7.49. The SMILES string of the molecule is CN=C(NCC(=O)N1CCc2ccccc2C1)N1CCN(C(=O)c2ccco2)CC1.I. The van der Waals surface area contributed by atoms with Gasteiger partial charge in [0.05, 0.1) is 12.8 Å². The summed E-state index contributed by atoms with van der Waals surface area (Å²) in [5, 5.41) is 3.19. The van der Waals surface area contributed by atoms with E-state index in [1.807, 2.05) is 17.0 Å². The van der Waals surface area contributed by atoms with Crippen LogP contribution in [0.2, 0.25) is 0 Å². The number of hydrogen-bond acceptors (Lipinski definition) is 4. The van der Waals surface area contributed by atoms with Gasteiger partial charge in [-0.05, 0) is 29.7 Å². The summed E-state index contributed by atoms with van der Waals surface area (Å²) in [6, 6.07) is 11.7. The van der Waals surface area contributed by atoms with Crippen LogP contribution in [0.1, 0.15) is 21.7 Å². The summed E-state index contributed by atoms with van der Waals surface area (Å²) in [7, 11) is 1.71. The Morgan fingerprint density at radius 3 is 2.35 bits per heavy atom. The molecule has 2 aliphatic heterocycles. The number of nitrogens with one attached hydrogen (secondary N) is 1. The maximum Gasteiger partial charge on any atom is 0.289 e. The van der Waals surface area contributed by atoms with Gasteiger partial charge in [0.25, 0.3) is 5.91 Å². The number of rotatable bonds is 3. The molecule has 0 unspecified atom stereocenters. The van der Waals surface area contributed by atoms with E-state index in [1.165, 1.54) is 17.4 Å². The quantitative estimate of drug-likeness (QED) is 0.367. The fraction of sp³-hybridized carbons (Fsp3) is 0.409. The van der Waals surface area contributed by atoms with Crippen LogP contribution in [0.5, 0.6) is 0 Å². The zero-order chi connectivity index (χ0) is 20.9. The van der Waals surface area contributed by atoms with Crippen LogP contribution in [0.3, 0.4) is 0 Å². The molecule has 1 aromatic heterocycles. The molecule has 0 aliphatic carbocycles. The number of benzene rings is 1. The number of carbonyl (C=O) groups is 2. The van der Waals surface area contributed by atoms with Crippen LogP contribution in [0.4, 0.5) is 0 Å². The summed E-state index contributed by atoms with van der Waals surface area (Å²) in [5.41, 5.74) is 2.55. The monoisotopic (exact) mass is 537 g/mol. The van der Waals surface area contributed by atoms with Gasteiger partial charge in [-0.15, -0.1) is 24.0 Å². The van der Waals surface area contributed by atoms with Gasteiger partial charge in [-0.25, -0.2) is 0 Å². The largest absolute Gasteiger partial charge is 0.459 e. The van der Waals surface area contributed by atoms with Crippen molar-refractivity contribution in [3.05, 3.63) is 59.5 Å². The van der Waals surface area contributed by atoms with E-state index in [-0.39, 0.29) is 42.3 Å². The van der Waals surface area contributed by atoms with Gasteiger partial charge in [0, 0.05) is 46.3 Å². The van der Waals surface area contributed by atoms with Crippen LogP contribution in [0.25, 0.3) is 0 Å². The third kappa shape index (κ3) is 5.38. The summed E-state index contributed by atoms with van der Waals surface area (Å²) < 4.78 is 5.21. The number of nitrogens with zero attached hydrogens (tertiary/aromatic N) is 4. The van der Waals surface area contributed by atoms with Crippen molar-refractivity contribution in [3.63, 3.8) is 0 Å². The molecular formula is C22H28IN5O3. The van der Waals surface area contributed by atoms with Gasteiger partial charge < -0.3 is 24.4 Å². The van der Waals surface area contributed by atoms with Gasteiger partial charge in [-0.3, -0.25) is 14.6 Å². The maximum absolute atomic E-state index is 12.7. The van der Waals surface area contributed by atoms with E-state index in [0.29, 0.717) is 44.4 Å². The Balaban J connectivity index is 0.00000272. The second kappa shape index (κ2) is 10.7. The molecule has 0 saturated carbocycles. The summed E-state index contributed by atoms with van der Waals surface area (Å²) in [6.45, 7) is 4.07. The minimum absolute atomic E-state index is 0. The highest BCUT2D eigenvalue weighted by Gasteiger charge is 2.26. The summed E-state index contributed by atoms with van der Waals surface area (Å²) in [5.74, 6) is 1.02. The molecule has 0 atom stereocenters. The first kappa shape index (κ1) is 23.1. The minimum Gasteiger partial charge on any atom is -0.459 e. The molecule has 0 spiro atoms. The normalized spacial score (nSPS) is 16.4. The lowest BCUT2D eigenvalue weighted by Crippen LogP contribution is -2.55. The highest BCUT2D eigenvalue weighted by Crippen LogP contribution is 2.18. The van der Waals surface area contributed by atoms with Crippen LogP contribution < -0.4 is 5.32 Å². The van der Waals surface area contributed by atoms with E-state index < -0.39 is 0 Å². The summed E-state index contributed by atoms with van der Waals surface area (Å²) in [4.78, 5) is 35.2. The number of amides is 2. The van der Waals surface area contributed by atoms with E-state index in [9.17, 15) is 9.59 Å². The molecule has 0 radical (unpaired) electrons. The number of carbonyl (C=O) groups excluding carboxylic acids is 2. The van der Waals surface area contributed by atoms with Crippen molar-refractivity contribution in [2.75, 3.05) is 46.3 Å². The molecule has 1 saturated heterocycles. The lowest BCUT2D eigenvalue weighted by molar-refractivity contribution is -0.130. The number of piperazine rings is 1. The van der Waals surface area contributed by atoms with Gasteiger partial charge in [-0.2, -0.15) is 0 Å². The van der Waals surface area contributed by atoms with Crippen LogP contribution >= 0.6 is 24.0 Å². The molecule has 1 fully saturated rings. The molecule has 2 aliphatic rings. The highest BCUT2D eigenvalue weighted by molar-refractivity contribution is 14.0. The fourth-order valence-corrected chi connectivity index (χ4v) is 3.98. The lowest BCUT2D eigenvalue weighted by Gasteiger charge is -2.36. The number of furan rings is 1. The first-order valence-corrected chi connectivity index (χ1v) is 10.3. The summed E-state index contributed by atoms with van der Waals surface area (Å²) >= 11 is 0. The average molecular weight is 537 g/mol. The maximum atomic E-state index is 12.7. The highest BCUT2D eigenvalue weighted by atomic mass is 127. The first-order valence-electron chi connectivity index (χ1n) is 10.3. The van der Waals surface area contributed by atoms with E-state index in [2.05, 4.69) is 27.3 Å². The number of guanidine groups is 1. The van der Waals surface area contributed by atoms with E-state index >= 15 is 0 Å². The molecule has 4 rings (SSSR count). The van der Waals surface area contributed by atoms with Gasteiger partial charge in [0.15, 0.2) is 11.7 Å². The van der Waals surface area contributed by atoms with Crippen LogP contribution in [0, 0.1) is 0 Å². The molecule has 0 bridgehead atoms. The van der Waals surface area contributed by atoms with E-state index in [4.69, 9.17) is 4.42 Å². The van der Waals surface area contributed by atoms with E-state index in [0.717, 1.165) is 13.0 Å².